The highest BCUT2D eigenvalue weighted by Crippen LogP contribution is 2.28. The Labute approximate surface area is 134 Å². The average Bonchev–Trinajstić information content (AvgIpc) is 2.74. The van der Waals surface area contributed by atoms with Gasteiger partial charge in [-0.05, 0) is 79.2 Å². The largest absolute Gasteiger partial charge is 0.301 e. The average molecular weight is 297 g/mol. The molecule has 21 heavy (non-hydrogen) atoms. The van der Waals surface area contributed by atoms with Crippen molar-refractivity contribution in [2.45, 2.75) is 98.8 Å². The summed E-state index contributed by atoms with van der Waals surface area (Å²) in [6, 6.07) is 3.03. The van der Waals surface area contributed by atoms with Crippen molar-refractivity contribution in [2.75, 3.05) is 13.1 Å². The normalized spacial score (nSPS) is 35.1. The highest BCUT2D eigenvalue weighted by atomic mass is 15.2. The zero-order valence-electron chi connectivity index (χ0n) is 15.9. The van der Waals surface area contributed by atoms with Gasteiger partial charge in [0.2, 0.25) is 0 Å². The molecular weight excluding hydrogens is 256 g/mol. The second-order valence-electron chi connectivity index (χ2n) is 8.30. The van der Waals surface area contributed by atoms with E-state index >= 15 is 0 Å². The zero-order chi connectivity index (χ0) is 16.2. The lowest BCUT2D eigenvalue weighted by molar-refractivity contribution is 0.0469. The zero-order valence-corrected chi connectivity index (χ0v) is 15.9. The highest BCUT2D eigenvalue weighted by molar-refractivity contribution is 4.84. The van der Waals surface area contributed by atoms with Crippen LogP contribution in [0.2, 0.25) is 0 Å². The van der Waals surface area contributed by atoms with Gasteiger partial charge in [0, 0.05) is 30.7 Å². The second kappa shape index (κ2) is 8.53. The second-order valence-corrected chi connectivity index (χ2v) is 8.30. The molecule has 0 spiro atoms. The van der Waals surface area contributed by atoms with Gasteiger partial charge in [-0.3, -0.25) is 4.90 Å². The standard InChI is InChI=1S/C11H23N.C8H17N/c1-8(2)12-10(4)6-9(3)7-11(12)5;1-7(2)9-5-4-8(3)6-9/h8-11H,6-7H2,1-5H3;7-8H,4-6H2,1-3H3. The Balaban J connectivity index is 0.000000219. The minimum absolute atomic E-state index is 0.711. The van der Waals surface area contributed by atoms with Crippen molar-refractivity contribution in [3.8, 4) is 0 Å². The van der Waals surface area contributed by atoms with E-state index in [0.29, 0.717) is 6.04 Å². The molecule has 0 aromatic heterocycles. The van der Waals surface area contributed by atoms with Crippen LogP contribution in [0.5, 0.6) is 0 Å². The van der Waals surface area contributed by atoms with E-state index in [0.717, 1.165) is 30.0 Å². The highest BCUT2D eigenvalue weighted by Gasteiger charge is 2.29. The fourth-order valence-electron chi connectivity index (χ4n) is 4.39. The first-order valence-electron chi connectivity index (χ1n) is 9.23. The Kier molecular flexibility index (Phi) is 7.70. The molecule has 0 aliphatic carbocycles. The Morgan fingerprint density at radius 1 is 0.762 bits per heavy atom. The molecule has 2 heteroatoms. The van der Waals surface area contributed by atoms with Gasteiger partial charge in [-0.25, -0.2) is 0 Å². The van der Waals surface area contributed by atoms with E-state index in [9.17, 15) is 0 Å². The summed E-state index contributed by atoms with van der Waals surface area (Å²) in [7, 11) is 0. The summed E-state index contributed by atoms with van der Waals surface area (Å²) in [5.74, 6) is 1.86. The van der Waals surface area contributed by atoms with Crippen LogP contribution in [0.4, 0.5) is 0 Å². The van der Waals surface area contributed by atoms with E-state index in [1.807, 2.05) is 0 Å². The van der Waals surface area contributed by atoms with Gasteiger partial charge in [0.15, 0.2) is 0 Å². The summed E-state index contributed by atoms with van der Waals surface area (Å²) < 4.78 is 0. The van der Waals surface area contributed by atoms with Crippen LogP contribution in [0.25, 0.3) is 0 Å². The van der Waals surface area contributed by atoms with E-state index in [1.54, 1.807) is 0 Å². The summed E-state index contributed by atoms with van der Waals surface area (Å²) in [6.45, 7) is 21.3. The number of rotatable bonds is 2. The van der Waals surface area contributed by atoms with Crippen LogP contribution < -0.4 is 0 Å². The van der Waals surface area contributed by atoms with Gasteiger partial charge in [-0.1, -0.05) is 13.8 Å². The third kappa shape index (κ3) is 5.90. The van der Waals surface area contributed by atoms with Gasteiger partial charge in [-0.2, -0.15) is 0 Å². The van der Waals surface area contributed by atoms with Crippen LogP contribution in [0.3, 0.4) is 0 Å². The number of likely N-dealkylation sites (tertiary alicyclic amines) is 2. The van der Waals surface area contributed by atoms with Gasteiger partial charge in [0.1, 0.15) is 0 Å². The summed E-state index contributed by atoms with van der Waals surface area (Å²) in [6.07, 6.45) is 4.16. The summed E-state index contributed by atoms with van der Waals surface area (Å²) in [5, 5.41) is 0. The molecule has 0 saturated carbocycles. The predicted octanol–water partition coefficient (Wildman–Crippen LogP) is 4.64. The maximum absolute atomic E-state index is 2.65. The minimum atomic E-state index is 0.711. The first-order chi connectivity index (χ1) is 9.72. The Hall–Kier alpha value is -0.0800. The molecule has 2 fully saturated rings. The van der Waals surface area contributed by atoms with E-state index in [2.05, 4.69) is 65.2 Å². The molecule has 2 rings (SSSR count). The van der Waals surface area contributed by atoms with Gasteiger partial charge in [0.05, 0.1) is 0 Å². The Morgan fingerprint density at radius 3 is 1.57 bits per heavy atom. The minimum Gasteiger partial charge on any atom is -0.301 e. The molecule has 0 N–H and O–H groups in total. The van der Waals surface area contributed by atoms with Crippen molar-refractivity contribution in [1.82, 2.24) is 9.80 Å². The van der Waals surface area contributed by atoms with Crippen molar-refractivity contribution in [3.05, 3.63) is 0 Å². The molecule has 3 atom stereocenters. The van der Waals surface area contributed by atoms with Crippen molar-refractivity contribution in [1.29, 1.82) is 0 Å². The van der Waals surface area contributed by atoms with E-state index < -0.39 is 0 Å². The van der Waals surface area contributed by atoms with Gasteiger partial charge in [-0.15, -0.1) is 0 Å². The maximum atomic E-state index is 2.65. The van der Waals surface area contributed by atoms with Crippen LogP contribution in [0.1, 0.15) is 74.7 Å². The SMILES string of the molecule is CC1CC(C)N(C(C)C)C(C)C1.CC1CCN(C(C)C)C1. The lowest BCUT2D eigenvalue weighted by Crippen LogP contribution is -2.49. The molecule has 0 bridgehead atoms. The third-order valence-corrected chi connectivity index (χ3v) is 5.29. The maximum Gasteiger partial charge on any atom is 0.00749 e. The number of hydrogen-bond donors (Lipinski definition) is 0. The summed E-state index contributed by atoms with van der Waals surface area (Å²) in [5.41, 5.74) is 0. The van der Waals surface area contributed by atoms with Crippen LogP contribution in [-0.2, 0) is 0 Å². The van der Waals surface area contributed by atoms with Crippen LogP contribution in [0, 0.1) is 11.8 Å². The van der Waals surface area contributed by atoms with E-state index in [4.69, 9.17) is 0 Å². The van der Waals surface area contributed by atoms with Gasteiger partial charge >= 0.3 is 0 Å². The van der Waals surface area contributed by atoms with Crippen molar-refractivity contribution < 1.29 is 0 Å². The lowest BCUT2D eigenvalue weighted by Gasteiger charge is -2.44. The van der Waals surface area contributed by atoms with Crippen molar-refractivity contribution in [3.63, 3.8) is 0 Å². The fraction of sp³-hybridized carbons (Fsp3) is 1.00. The molecule has 0 aromatic rings. The van der Waals surface area contributed by atoms with Crippen molar-refractivity contribution in [2.24, 2.45) is 11.8 Å². The quantitative estimate of drug-likeness (QED) is 0.732. The topological polar surface area (TPSA) is 6.48 Å². The lowest BCUT2D eigenvalue weighted by atomic mass is 9.87. The molecule has 2 saturated heterocycles. The predicted molar refractivity (Wildman–Crippen MR) is 94.8 cm³/mol. The molecule has 0 aromatic carbocycles. The Morgan fingerprint density at radius 2 is 1.29 bits per heavy atom. The van der Waals surface area contributed by atoms with E-state index in [1.165, 1.54) is 32.4 Å². The molecule has 2 aliphatic rings. The van der Waals surface area contributed by atoms with E-state index in [-0.39, 0.29) is 0 Å². The van der Waals surface area contributed by atoms with Crippen LogP contribution in [-0.4, -0.2) is 47.1 Å². The molecule has 2 nitrogen and oxygen atoms in total. The Bertz CT molecular complexity index is 275. The van der Waals surface area contributed by atoms with Gasteiger partial charge in [0.25, 0.3) is 0 Å². The summed E-state index contributed by atoms with van der Waals surface area (Å²) >= 11 is 0. The number of piperidine rings is 1. The molecular formula is C19H40N2. The van der Waals surface area contributed by atoms with Crippen LogP contribution >= 0.6 is 0 Å². The number of hydrogen-bond acceptors (Lipinski definition) is 2. The van der Waals surface area contributed by atoms with Crippen LogP contribution in [0.15, 0.2) is 0 Å². The molecule has 126 valence electrons. The molecule has 2 heterocycles. The van der Waals surface area contributed by atoms with Crippen molar-refractivity contribution >= 4 is 0 Å². The van der Waals surface area contributed by atoms with Gasteiger partial charge < -0.3 is 4.90 Å². The monoisotopic (exact) mass is 296 g/mol. The fourth-order valence-corrected chi connectivity index (χ4v) is 4.39. The first kappa shape index (κ1) is 19.0. The smallest absolute Gasteiger partial charge is 0.00749 e. The summed E-state index contributed by atoms with van der Waals surface area (Å²) in [4.78, 5) is 5.20. The third-order valence-electron chi connectivity index (χ3n) is 5.29. The molecule has 2 aliphatic heterocycles. The molecule has 0 amide bonds. The molecule has 0 radical (unpaired) electrons. The molecule has 3 unspecified atom stereocenters. The first-order valence-corrected chi connectivity index (χ1v) is 9.23. The number of nitrogens with zero attached hydrogens (tertiary/aromatic N) is 2.